The molecule has 2 heteroatoms. The number of ketones is 1. The van der Waals surface area contributed by atoms with Crippen LogP contribution in [0.2, 0.25) is 0 Å². The van der Waals surface area contributed by atoms with E-state index in [4.69, 9.17) is 0 Å². The molecule has 0 fully saturated rings. The molecule has 0 heterocycles. The van der Waals surface area contributed by atoms with Crippen molar-refractivity contribution < 1.29 is 4.79 Å². The molecule has 0 saturated carbocycles. The van der Waals surface area contributed by atoms with E-state index in [1.54, 1.807) is 6.08 Å². The summed E-state index contributed by atoms with van der Waals surface area (Å²) in [7, 11) is 0. The molecule has 0 saturated heterocycles. The van der Waals surface area contributed by atoms with E-state index in [-0.39, 0.29) is 5.78 Å². The molecule has 0 radical (unpaired) electrons. The standard InChI is InChI=1S/C14H17NO/c1-10-6-11(2)8-13(7-10)15-12-4-3-5-14(16)9-12/h6-9,15H,3-5H2,1-2H3. The Labute approximate surface area is 96.4 Å². The second-order valence-corrected chi connectivity index (χ2v) is 4.49. The maximum Gasteiger partial charge on any atom is 0.157 e. The summed E-state index contributed by atoms with van der Waals surface area (Å²) in [5.41, 5.74) is 4.61. The van der Waals surface area contributed by atoms with Crippen molar-refractivity contribution in [2.45, 2.75) is 33.1 Å². The average Bonchev–Trinajstić information content (AvgIpc) is 2.15. The van der Waals surface area contributed by atoms with Gasteiger partial charge in [-0.25, -0.2) is 0 Å². The van der Waals surface area contributed by atoms with Crippen molar-refractivity contribution in [3.05, 3.63) is 41.1 Å². The lowest BCUT2D eigenvalue weighted by atomic mass is 10.0. The Hall–Kier alpha value is -1.57. The zero-order chi connectivity index (χ0) is 11.5. The van der Waals surface area contributed by atoms with Gasteiger partial charge in [-0.15, -0.1) is 0 Å². The second kappa shape index (κ2) is 4.52. The maximum atomic E-state index is 11.3. The van der Waals surface area contributed by atoms with Gasteiger partial charge in [0.1, 0.15) is 0 Å². The SMILES string of the molecule is Cc1cc(C)cc(NC2=CC(=O)CCC2)c1. The molecule has 84 valence electrons. The monoisotopic (exact) mass is 215 g/mol. The van der Waals surface area contributed by atoms with Crippen LogP contribution in [0.25, 0.3) is 0 Å². The quantitative estimate of drug-likeness (QED) is 0.819. The third-order valence-corrected chi connectivity index (χ3v) is 2.73. The smallest absolute Gasteiger partial charge is 0.157 e. The van der Waals surface area contributed by atoms with E-state index in [1.807, 2.05) is 0 Å². The van der Waals surface area contributed by atoms with Gasteiger partial charge in [0, 0.05) is 23.9 Å². The first-order valence-corrected chi connectivity index (χ1v) is 5.72. The van der Waals surface area contributed by atoms with Crippen LogP contribution in [0.15, 0.2) is 30.0 Å². The molecule has 1 aromatic rings. The molecule has 0 spiro atoms. The van der Waals surface area contributed by atoms with Crippen molar-refractivity contribution in [2.75, 3.05) is 5.32 Å². The van der Waals surface area contributed by atoms with Crippen LogP contribution in [0.4, 0.5) is 5.69 Å². The molecule has 2 rings (SSSR count). The third kappa shape index (κ3) is 2.72. The normalized spacial score (nSPS) is 15.9. The highest BCUT2D eigenvalue weighted by Crippen LogP contribution is 2.20. The first-order chi connectivity index (χ1) is 7.63. The first kappa shape index (κ1) is 10.9. The van der Waals surface area contributed by atoms with Crippen molar-refractivity contribution in [1.29, 1.82) is 0 Å². The minimum atomic E-state index is 0.234. The number of nitrogens with one attached hydrogen (secondary N) is 1. The molecule has 16 heavy (non-hydrogen) atoms. The number of carbonyl (C=O) groups is 1. The fourth-order valence-electron chi connectivity index (χ4n) is 2.12. The summed E-state index contributed by atoms with van der Waals surface area (Å²) in [5, 5.41) is 3.33. The fraction of sp³-hybridized carbons (Fsp3) is 0.357. The van der Waals surface area contributed by atoms with Crippen molar-refractivity contribution in [1.82, 2.24) is 0 Å². The highest BCUT2D eigenvalue weighted by Gasteiger charge is 2.09. The van der Waals surface area contributed by atoms with Gasteiger partial charge in [0.2, 0.25) is 0 Å². The number of allylic oxidation sites excluding steroid dienone is 2. The molecular weight excluding hydrogens is 198 g/mol. The molecule has 2 nitrogen and oxygen atoms in total. The summed E-state index contributed by atoms with van der Waals surface area (Å²) in [6.07, 6.45) is 4.36. The van der Waals surface area contributed by atoms with Crippen molar-refractivity contribution in [3.8, 4) is 0 Å². The summed E-state index contributed by atoms with van der Waals surface area (Å²) in [5.74, 6) is 0.234. The highest BCUT2D eigenvalue weighted by molar-refractivity contribution is 5.91. The van der Waals surface area contributed by atoms with Gasteiger partial charge in [-0.05, 0) is 49.9 Å². The van der Waals surface area contributed by atoms with Crippen molar-refractivity contribution in [3.63, 3.8) is 0 Å². The molecule has 1 aliphatic carbocycles. The van der Waals surface area contributed by atoms with Crippen LogP contribution < -0.4 is 5.32 Å². The summed E-state index contributed by atoms with van der Waals surface area (Å²) in [4.78, 5) is 11.3. The van der Waals surface area contributed by atoms with E-state index in [1.165, 1.54) is 11.1 Å². The van der Waals surface area contributed by atoms with Gasteiger partial charge >= 0.3 is 0 Å². The van der Waals surface area contributed by atoms with Gasteiger partial charge in [-0.1, -0.05) is 6.07 Å². The Balaban J connectivity index is 2.17. The van der Waals surface area contributed by atoms with E-state index in [2.05, 4.69) is 37.4 Å². The molecule has 0 aromatic heterocycles. The largest absolute Gasteiger partial charge is 0.359 e. The molecule has 0 bridgehead atoms. The number of hydrogen-bond acceptors (Lipinski definition) is 2. The van der Waals surface area contributed by atoms with E-state index in [9.17, 15) is 4.79 Å². The number of benzene rings is 1. The lowest BCUT2D eigenvalue weighted by Gasteiger charge is -2.15. The predicted octanol–water partition coefficient (Wildman–Crippen LogP) is 3.35. The maximum absolute atomic E-state index is 11.3. The van der Waals surface area contributed by atoms with Crippen LogP contribution in [0.3, 0.4) is 0 Å². The molecule has 0 aliphatic heterocycles. The zero-order valence-corrected chi connectivity index (χ0v) is 9.84. The lowest BCUT2D eigenvalue weighted by molar-refractivity contribution is -0.115. The van der Waals surface area contributed by atoms with Crippen LogP contribution >= 0.6 is 0 Å². The third-order valence-electron chi connectivity index (χ3n) is 2.73. The molecular formula is C14H17NO. The van der Waals surface area contributed by atoms with E-state index < -0.39 is 0 Å². The number of carbonyl (C=O) groups excluding carboxylic acids is 1. The van der Waals surface area contributed by atoms with Gasteiger partial charge in [-0.2, -0.15) is 0 Å². The zero-order valence-electron chi connectivity index (χ0n) is 9.84. The molecule has 0 unspecified atom stereocenters. The van der Waals surface area contributed by atoms with E-state index in [0.717, 1.165) is 24.2 Å². The van der Waals surface area contributed by atoms with Crippen LogP contribution in [0.1, 0.15) is 30.4 Å². The lowest BCUT2D eigenvalue weighted by Crippen LogP contribution is -2.09. The number of anilines is 1. The van der Waals surface area contributed by atoms with Gasteiger partial charge in [-0.3, -0.25) is 4.79 Å². The highest BCUT2D eigenvalue weighted by atomic mass is 16.1. The Kier molecular flexibility index (Phi) is 3.09. The van der Waals surface area contributed by atoms with Crippen molar-refractivity contribution >= 4 is 11.5 Å². The Bertz CT molecular complexity index is 426. The van der Waals surface area contributed by atoms with Crippen LogP contribution in [0, 0.1) is 13.8 Å². The summed E-state index contributed by atoms with van der Waals surface area (Å²) in [6, 6.07) is 6.35. The summed E-state index contributed by atoms with van der Waals surface area (Å²) < 4.78 is 0. The predicted molar refractivity (Wildman–Crippen MR) is 66.5 cm³/mol. The molecule has 0 amide bonds. The fourth-order valence-corrected chi connectivity index (χ4v) is 2.12. The van der Waals surface area contributed by atoms with Gasteiger partial charge in [0.05, 0.1) is 0 Å². The van der Waals surface area contributed by atoms with E-state index in [0.29, 0.717) is 6.42 Å². The van der Waals surface area contributed by atoms with Gasteiger partial charge < -0.3 is 5.32 Å². The second-order valence-electron chi connectivity index (χ2n) is 4.49. The van der Waals surface area contributed by atoms with Crippen molar-refractivity contribution in [2.24, 2.45) is 0 Å². The molecule has 1 aromatic carbocycles. The van der Waals surface area contributed by atoms with Gasteiger partial charge in [0.25, 0.3) is 0 Å². The first-order valence-electron chi connectivity index (χ1n) is 5.72. The molecule has 0 atom stereocenters. The Morgan fingerprint density at radius 3 is 2.38 bits per heavy atom. The topological polar surface area (TPSA) is 29.1 Å². The average molecular weight is 215 g/mol. The van der Waals surface area contributed by atoms with Gasteiger partial charge in [0.15, 0.2) is 5.78 Å². The number of aryl methyl sites for hydroxylation is 2. The van der Waals surface area contributed by atoms with Crippen LogP contribution in [-0.2, 0) is 4.79 Å². The number of hydrogen-bond donors (Lipinski definition) is 1. The minimum Gasteiger partial charge on any atom is -0.359 e. The number of rotatable bonds is 2. The van der Waals surface area contributed by atoms with E-state index >= 15 is 0 Å². The van der Waals surface area contributed by atoms with Crippen LogP contribution in [-0.4, -0.2) is 5.78 Å². The summed E-state index contributed by atoms with van der Waals surface area (Å²) in [6.45, 7) is 4.16. The Morgan fingerprint density at radius 1 is 1.06 bits per heavy atom. The molecule has 1 N–H and O–H groups in total. The van der Waals surface area contributed by atoms with Crippen LogP contribution in [0.5, 0.6) is 0 Å². The minimum absolute atomic E-state index is 0.234. The Morgan fingerprint density at radius 2 is 1.75 bits per heavy atom. The summed E-state index contributed by atoms with van der Waals surface area (Å²) >= 11 is 0. The molecule has 1 aliphatic rings.